The highest BCUT2D eigenvalue weighted by Gasteiger charge is 2.34. The van der Waals surface area contributed by atoms with Gasteiger partial charge in [0, 0.05) is 6.07 Å². The van der Waals surface area contributed by atoms with E-state index in [1.807, 2.05) is 7.05 Å². The highest BCUT2D eigenvalue weighted by Crippen LogP contribution is 2.30. The van der Waals surface area contributed by atoms with E-state index in [1.54, 1.807) is 0 Å². The van der Waals surface area contributed by atoms with Crippen LogP contribution in [0.5, 0.6) is 5.88 Å². The molecule has 0 saturated carbocycles. The molecule has 0 radical (unpaired) electrons. The number of alkyl halides is 3. The van der Waals surface area contributed by atoms with Crippen LogP contribution in [-0.2, 0) is 6.18 Å². The fourth-order valence-corrected chi connectivity index (χ4v) is 2.28. The minimum Gasteiger partial charge on any atom is -0.478 e. The van der Waals surface area contributed by atoms with Crippen molar-refractivity contribution in [2.75, 3.05) is 26.7 Å². The number of hydrogen-bond donors (Lipinski definition) is 1. The zero-order chi connectivity index (χ0) is 16.3. The van der Waals surface area contributed by atoms with Crippen LogP contribution in [0.15, 0.2) is 12.1 Å². The summed E-state index contributed by atoms with van der Waals surface area (Å²) in [6, 6.07) is 1.53. The molecule has 22 heavy (non-hydrogen) atoms. The topological polar surface area (TPSA) is 62.7 Å². The first kappa shape index (κ1) is 16.5. The lowest BCUT2D eigenvalue weighted by Gasteiger charge is -2.28. The van der Waals surface area contributed by atoms with E-state index in [2.05, 4.69) is 9.88 Å². The van der Waals surface area contributed by atoms with Gasteiger partial charge in [0.2, 0.25) is 5.88 Å². The molecule has 1 aliphatic rings. The summed E-state index contributed by atoms with van der Waals surface area (Å²) >= 11 is 0. The van der Waals surface area contributed by atoms with Crippen LogP contribution in [0.3, 0.4) is 0 Å². The second-order valence-electron chi connectivity index (χ2n) is 5.44. The Labute approximate surface area is 125 Å². The average Bonchev–Trinajstić information content (AvgIpc) is 2.45. The van der Waals surface area contributed by atoms with Crippen LogP contribution in [-0.4, -0.2) is 47.7 Å². The molecule has 0 aliphatic carbocycles. The summed E-state index contributed by atoms with van der Waals surface area (Å²) in [5.74, 6) is -1.51. The summed E-state index contributed by atoms with van der Waals surface area (Å²) < 4.78 is 43.5. The predicted molar refractivity (Wildman–Crippen MR) is 71.9 cm³/mol. The monoisotopic (exact) mass is 318 g/mol. The second kappa shape index (κ2) is 6.51. The van der Waals surface area contributed by atoms with E-state index in [9.17, 15) is 18.0 Å². The van der Waals surface area contributed by atoms with Crippen molar-refractivity contribution >= 4 is 5.97 Å². The zero-order valence-electron chi connectivity index (χ0n) is 12.1. The predicted octanol–water partition coefficient (Wildman–Crippen LogP) is 2.52. The summed E-state index contributed by atoms with van der Waals surface area (Å²) in [5.41, 5.74) is -1.74. The molecular weight excluding hydrogens is 301 g/mol. The number of hydrogen-bond acceptors (Lipinski definition) is 4. The molecule has 0 spiro atoms. The molecular formula is C14H17F3N2O3. The van der Waals surface area contributed by atoms with Gasteiger partial charge in [-0.3, -0.25) is 0 Å². The molecule has 5 nitrogen and oxygen atoms in total. The van der Waals surface area contributed by atoms with Crippen molar-refractivity contribution in [3.05, 3.63) is 23.4 Å². The van der Waals surface area contributed by atoms with Crippen LogP contribution in [0, 0.1) is 5.92 Å². The molecule has 1 N–H and O–H groups in total. The minimum absolute atomic E-state index is 0.237. The number of aromatic nitrogens is 1. The molecule has 122 valence electrons. The number of aromatic carboxylic acids is 1. The van der Waals surface area contributed by atoms with Gasteiger partial charge in [0.1, 0.15) is 5.69 Å². The van der Waals surface area contributed by atoms with E-state index in [-0.39, 0.29) is 18.4 Å². The third kappa shape index (κ3) is 4.33. The Balaban J connectivity index is 2.09. The van der Waals surface area contributed by atoms with Crippen molar-refractivity contribution in [3.63, 3.8) is 0 Å². The maximum atomic E-state index is 12.7. The summed E-state index contributed by atoms with van der Waals surface area (Å²) in [4.78, 5) is 16.5. The van der Waals surface area contributed by atoms with Crippen molar-refractivity contribution in [3.8, 4) is 5.88 Å². The van der Waals surface area contributed by atoms with Crippen molar-refractivity contribution in [2.24, 2.45) is 5.92 Å². The lowest BCUT2D eigenvalue weighted by Crippen LogP contribution is -2.32. The quantitative estimate of drug-likeness (QED) is 0.924. The van der Waals surface area contributed by atoms with Gasteiger partial charge >= 0.3 is 12.1 Å². The number of likely N-dealkylation sites (tertiary alicyclic amines) is 1. The summed E-state index contributed by atoms with van der Waals surface area (Å²) in [6.45, 7) is 2.05. The molecule has 1 aromatic heterocycles. The number of piperidine rings is 1. The van der Waals surface area contributed by atoms with Gasteiger partial charge in [-0.15, -0.1) is 0 Å². The molecule has 1 aliphatic heterocycles. The SMILES string of the molecule is CN1CCC(COc2cc(C(=O)O)cc(C(F)(F)F)n2)CC1. The maximum Gasteiger partial charge on any atom is 0.433 e. The molecule has 0 unspecified atom stereocenters. The number of pyridine rings is 1. The fourth-order valence-electron chi connectivity index (χ4n) is 2.28. The van der Waals surface area contributed by atoms with Gasteiger partial charge in [-0.1, -0.05) is 0 Å². The van der Waals surface area contributed by atoms with E-state index in [0.717, 1.165) is 32.0 Å². The first-order valence-corrected chi connectivity index (χ1v) is 6.89. The number of nitrogens with zero attached hydrogens (tertiary/aromatic N) is 2. The molecule has 0 amide bonds. The van der Waals surface area contributed by atoms with Gasteiger partial charge < -0.3 is 14.7 Å². The van der Waals surface area contributed by atoms with Crippen LogP contribution in [0.1, 0.15) is 28.9 Å². The first-order chi connectivity index (χ1) is 10.3. The maximum absolute atomic E-state index is 12.7. The lowest BCUT2D eigenvalue weighted by molar-refractivity contribution is -0.141. The van der Waals surface area contributed by atoms with E-state index < -0.39 is 23.4 Å². The van der Waals surface area contributed by atoms with Crippen LogP contribution in [0.2, 0.25) is 0 Å². The lowest BCUT2D eigenvalue weighted by atomic mass is 9.98. The summed E-state index contributed by atoms with van der Waals surface area (Å²) in [7, 11) is 2.00. The Hall–Kier alpha value is -1.83. The van der Waals surface area contributed by atoms with Gasteiger partial charge in [-0.05, 0) is 45.0 Å². The summed E-state index contributed by atoms with van der Waals surface area (Å²) in [6.07, 6.45) is -2.93. The van der Waals surface area contributed by atoms with Gasteiger partial charge in [0.25, 0.3) is 0 Å². The number of carbonyl (C=O) groups is 1. The molecule has 0 atom stereocenters. The molecule has 1 aromatic rings. The normalized spacial score (nSPS) is 17.5. The Morgan fingerprint density at radius 2 is 2.05 bits per heavy atom. The first-order valence-electron chi connectivity index (χ1n) is 6.89. The van der Waals surface area contributed by atoms with Crippen LogP contribution >= 0.6 is 0 Å². The van der Waals surface area contributed by atoms with Crippen molar-refractivity contribution in [1.82, 2.24) is 9.88 Å². The minimum atomic E-state index is -4.71. The Kier molecular flexibility index (Phi) is 4.90. The molecule has 8 heteroatoms. The largest absolute Gasteiger partial charge is 0.478 e. The van der Waals surface area contributed by atoms with Crippen LogP contribution < -0.4 is 4.74 Å². The zero-order valence-corrected chi connectivity index (χ0v) is 12.1. The molecule has 2 rings (SSSR count). The van der Waals surface area contributed by atoms with E-state index >= 15 is 0 Å². The molecule has 1 fully saturated rings. The van der Waals surface area contributed by atoms with E-state index in [4.69, 9.17) is 9.84 Å². The average molecular weight is 318 g/mol. The molecule has 1 saturated heterocycles. The van der Waals surface area contributed by atoms with Gasteiger partial charge in [-0.25, -0.2) is 9.78 Å². The number of rotatable bonds is 4. The van der Waals surface area contributed by atoms with Crippen LogP contribution in [0.4, 0.5) is 13.2 Å². The van der Waals surface area contributed by atoms with Gasteiger partial charge in [0.15, 0.2) is 0 Å². The van der Waals surface area contributed by atoms with Crippen molar-refractivity contribution in [2.45, 2.75) is 19.0 Å². The summed E-state index contributed by atoms with van der Waals surface area (Å²) in [5, 5.41) is 8.89. The highest BCUT2D eigenvalue weighted by molar-refractivity contribution is 5.88. The van der Waals surface area contributed by atoms with Gasteiger partial charge in [-0.2, -0.15) is 13.2 Å². The van der Waals surface area contributed by atoms with E-state index in [1.165, 1.54) is 0 Å². The van der Waals surface area contributed by atoms with Gasteiger partial charge in [0.05, 0.1) is 12.2 Å². The van der Waals surface area contributed by atoms with Crippen molar-refractivity contribution in [1.29, 1.82) is 0 Å². The number of carboxylic acids is 1. The molecule has 2 heterocycles. The molecule has 0 bridgehead atoms. The van der Waals surface area contributed by atoms with E-state index in [0.29, 0.717) is 6.07 Å². The Morgan fingerprint density at radius 3 is 2.59 bits per heavy atom. The third-order valence-corrected chi connectivity index (χ3v) is 3.64. The van der Waals surface area contributed by atoms with Crippen molar-refractivity contribution < 1.29 is 27.8 Å². The highest BCUT2D eigenvalue weighted by atomic mass is 19.4. The second-order valence-corrected chi connectivity index (χ2v) is 5.44. The standard InChI is InChI=1S/C14H17F3N2O3/c1-19-4-2-9(3-5-19)8-22-12-7-10(13(20)21)6-11(18-12)14(15,16)17/h6-7,9H,2-5,8H2,1H3,(H,20,21). The molecule has 0 aromatic carbocycles. The fraction of sp³-hybridized carbons (Fsp3) is 0.571. The number of ether oxygens (including phenoxy) is 1. The number of halogens is 3. The Morgan fingerprint density at radius 1 is 1.41 bits per heavy atom. The Bertz CT molecular complexity index is 541. The smallest absolute Gasteiger partial charge is 0.433 e. The van der Waals surface area contributed by atoms with Crippen LogP contribution in [0.25, 0.3) is 0 Å². The number of carboxylic acid groups (broad SMARTS) is 1. The third-order valence-electron chi connectivity index (χ3n) is 3.64.